The molecule has 25 heavy (non-hydrogen) atoms. The second-order valence-corrected chi connectivity index (χ2v) is 5.61. The molecule has 2 N–H and O–H groups in total. The highest BCUT2D eigenvalue weighted by atomic mass is 19.1. The maximum Gasteiger partial charge on any atom is 0.259 e. The number of pyridine rings is 2. The van der Waals surface area contributed by atoms with Gasteiger partial charge in [-0.2, -0.15) is 0 Å². The predicted molar refractivity (Wildman–Crippen MR) is 97.5 cm³/mol. The van der Waals surface area contributed by atoms with Gasteiger partial charge in [0.2, 0.25) is 0 Å². The van der Waals surface area contributed by atoms with Gasteiger partial charge in [-0.05, 0) is 35.9 Å². The zero-order valence-corrected chi connectivity index (χ0v) is 13.2. The minimum absolute atomic E-state index is 0.229. The number of fused-ring (bicyclic) bond motifs is 1. The maximum absolute atomic E-state index is 13.1. The lowest BCUT2D eigenvalue weighted by Gasteiger charge is -2.11. The number of anilines is 2. The number of halogens is 1. The Bertz CT molecular complexity index is 1090. The number of hydrogen-bond acceptors (Lipinski definition) is 3. The smallest absolute Gasteiger partial charge is 0.259 e. The third kappa shape index (κ3) is 2.87. The maximum atomic E-state index is 13.1. The third-order valence-corrected chi connectivity index (χ3v) is 4.00. The minimum Gasteiger partial charge on any atom is -0.340 e. The molecule has 2 aromatic heterocycles. The van der Waals surface area contributed by atoms with Gasteiger partial charge in [0, 0.05) is 29.0 Å². The summed E-state index contributed by atoms with van der Waals surface area (Å²) in [5, 5.41) is 4.36. The van der Waals surface area contributed by atoms with Crippen LogP contribution < -0.4 is 10.9 Å². The van der Waals surface area contributed by atoms with Gasteiger partial charge in [0.25, 0.3) is 5.56 Å². The quantitative estimate of drug-likeness (QED) is 0.582. The largest absolute Gasteiger partial charge is 0.340 e. The standard InChI is InChI=1S/C20H14FN3O/c21-14-6-8-15(9-7-14)24-19-18-16(10-11-22-20(18)25)17(12-23-19)13-4-2-1-3-5-13/h1-12H,(H,22,25)(H,23,24). The first-order valence-corrected chi connectivity index (χ1v) is 7.81. The number of aromatic amines is 1. The molecule has 0 aliphatic carbocycles. The molecule has 0 fully saturated rings. The van der Waals surface area contributed by atoms with E-state index in [1.807, 2.05) is 36.4 Å². The molecule has 0 radical (unpaired) electrons. The zero-order chi connectivity index (χ0) is 17.2. The minimum atomic E-state index is -0.319. The molecule has 5 heteroatoms. The number of hydrogen-bond donors (Lipinski definition) is 2. The van der Waals surface area contributed by atoms with Crippen molar-refractivity contribution in [1.29, 1.82) is 0 Å². The van der Waals surface area contributed by atoms with Crippen molar-refractivity contribution in [3.63, 3.8) is 0 Å². The summed E-state index contributed by atoms with van der Waals surface area (Å²) in [6.45, 7) is 0. The Labute approximate surface area is 143 Å². The second-order valence-electron chi connectivity index (χ2n) is 5.61. The van der Waals surface area contributed by atoms with Gasteiger partial charge < -0.3 is 10.3 Å². The molecule has 122 valence electrons. The van der Waals surface area contributed by atoms with E-state index >= 15 is 0 Å². The summed E-state index contributed by atoms with van der Waals surface area (Å²) in [6.07, 6.45) is 3.36. The summed E-state index contributed by atoms with van der Waals surface area (Å²) in [5.74, 6) is 0.115. The molecule has 0 bridgehead atoms. The van der Waals surface area contributed by atoms with E-state index in [1.165, 1.54) is 12.1 Å². The number of rotatable bonds is 3. The number of nitrogens with one attached hydrogen (secondary N) is 2. The molecular weight excluding hydrogens is 317 g/mol. The van der Waals surface area contributed by atoms with Crippen LogP contribution >= 0.6 is 0 Å². The van der Waals surface area contributed by atoms with Crippen LogP contribution in [0.25, 0.3) is 21.9 Å². The molecule has 0 aliphatic heterocycles. The second kappa shape index (κ2) is 6.20. The Kier molecular flexibility index (Phi) is 3.74. The summed E-state index contributed by atoms with van der Waals surface area (Å²) in [6, 6.07) is 17.6. The fourth-order valence-corrected chi connectivity index (χ4v) is 2.81. The van der Waals surface area contributed by atoms with Crippen LogP contribution in [0, 0.1) is 5.82 Å². The molecule has 4 rings (SSSR count). The van der Waals surface area contributed by atoms with Crippen molar-refractivity contribution in [1.82, 2.24) is 9.97 Å². The highest BCUT2D eigenvalue weighted by Crippen LogP contribution is 2.30. The third-order valence-electron chi connectivity index (χ3n) is 4.00. The summed E-state index contributed by atoms with van der Waals surface area (Å²) >= 11 is 0. The van der Waals surface area contributed by atoms with Crippen LogP contribution in [0.15, 0.2) is 77.9 Å². The highest BCUT2D eigenvalue weighted by Gasteiger charge is 2.12. The van der Waals surface area contributed by atoms with E-state index in [4.69, 9.17) is 0 Å². The Morgan fingerprint density at radius 2 is 1.72 bits per heavy atom. The van der Waals surface area contributed by atoms with Crippen molar-refractivity contribution in [2.75, 3.05) is 5.32 Å². The molecule has 0 saturated heterocycles. The van der Waals surface area contributed by atoms with Crippen molar-refractivity contribution in [3.05, 3.63) is 89.2 Å². The van der Waals surface area contributed by atoms with E-state index in [-0.39, 0.29) is 11.4 Å². The molecule has 4 aromatic rings. The van der Waals surface area contributed by atoms with Gasteiger partial charge in [-0.3, -0.25) is 4.79 Å². The van der Waals surface area contributed by atoms with Gasteiger partial charge in [0.05, 0.1) is 5.39 Å². The SMILES string of the molecule is O=c1[nH]ccc2c(-c3ccccc3)cnc(Nc3ccc(F)cc3)c12. The van der Waals surface area contributed by atoms with Crippen LogP contribution in [-0.4, -0.2) is 9.97 Å². The Hall–Kier alpha value is -3.47. The van der Waals surface area contributed by atoms with Gasteiger partial charge >= 0.3 is 0 Å². The topological polar surface area (TPSA) is 57.8 Å². The molecule has 0 unspecified atom stereocenters. The van der Waals surface area contributed by atoms with Gasteiger partial charge in [0.1, 0.15) is 11.6 Å². The zero-order valence-electron chi connectivity index (χ0n) is 13.2. The number of aromatic nitrogens is 2. The van der Waals surface area contributed by atoms with Gasteiger partial charge in [-0.1, -0.05) is 30.3 Å². The first-order valence-electron chi connectivity index (χ1n) is 7.81. The number of H-pyrrole nitrogens is 1. The molecule has 2 aromatic carbocycles. The van der Waals surface area contributed by atoms with Crippen molar-refractivity contribution in [2.45, 2.75) is 0 Å². The first-order chi connectivity index (χ1) is 12.2. The number of benzene rings is 2. The predicted octanol–water partition coefficient (Wildman–Crippen LogP) is 4.47. The van der Waals surface area contributed by atoms with E-state index in [9.17, 15) is 9.18 Å². The van der Waals surface area contributed by atoms with Crippen LogP contribution in [0.4, 0.5) is 15.9 Å². The number of nitrogens with zero attached hydrogens (tertiary/aromatic N) is 1. The van der Waals surface area contributed by atoms with E-state index in [0.717, 1.165) is 16.5 Å². The average molecular weight is 331 g/mol. The molecular formula is C20H14FN3O. The fraction of sp³-hybridized carbons (Fsp3) is 0. The Morgan fingerprint density at radius 1 is 0.960 bits per heavy atom. The molecule has 0 amide bonds. The van der Waals surface area contributed by atoms with Crippen LogP contribution in [0.1, 0.15) is 0 Å². The summed E-state index contributed by atoms with van der Waals surface area (Å²) < 4.78 is 13.1. The van der Waals surface area contributed by atoms with Crippen molar-refractivity contribution >= 4 is 22.3 Å². The summed E-state index contributed by atoms with van der Waals surface area (Å²) in [4.78, 5) is 19.6. The van der Waals surface area contributed by atoms with E-state index in [2.05, 4.69) is 15.3 Å². The van der Waals surface area contributed by atoms with Crippen molar-refractivity contribution in [2.24, 2.45) is 0 Å². The normalized spacial score (nSPS) is 10.8. The molecule has 2 heterocycles. The average Bonchev–Trinajstić information content (AvgIpc) is 2.64. The molecule has 0 aliphatic rings. The fourth-order valence-electron chi connectivity index (χ4n) is 2.81. The van der Waals surface area contributed by atoms with Crippen LogP contribution in [0.5, 0.6) is 0 Å². The van der Waals surface area contributed by atoms with Gasteiger partial charge in [-0.15, -0.1) is 0 Å². The lowest BCUT2D eigenvalue weighted by molar-refractivity contribution is 0.628. The van der Waals surface area contributed by atoms with Crippen LogP contribution in [0.3, 0.4) is 0 Å². The highest BCUT2D eigenvalue weighted by molar-refractivity contribution is 6.01. The Morgan fingerprint density at radius 3 is 2.48 bits per heavy atom. The van der Waals surface area contributed by atoms with Crippen LogP contribution in [-0.2, 0) is 0 Å². The van der Waals surface area contributed by atoms with E-state index in [0.29, 0.717) is 16.9 Å². The molecule has 0 spiro atoms. The molecule has 0 saturated carbocycles. The lowest BCUT2D eigenvalue weighted by Crippen LogP contribution is -2.09. The van der Waals surface area contributed by atoms with E-state index in [1.54, 1.807) is 24.5 Å². The lowest BCUT2D eigenvalue weighted by atomic mass is 10.0. The summed E-state index contributed by atoms with van der Waals surface area (Å²) in [7, 11) is 0. The molecule has 4 nitrogen and oxygen atoms in total. The monoisotopic (exact) mass is 331 g/mol. The van der Waals surface area contributed by atoms with Crippen molar-refractivity contribution in [3.8, 4) is 11.1 Å². The summed E-state index contributed by atoms with van der Waals surface area (Å²) in [5.41, 5.74) is 2.29. The van der Waals surface area contributed by atoms with Gasteiger partial charge in [0.15, 0.2) is 0 Å². The van der Waals surface area contributed by atoms with Gasteiger partial charge in [-0.25, -0.2) is 9.37 Å². The first kappa shape index (κ1) is 15.1. The van der Waals surface area contributed by atoms with Crippen molar-refractivity contribution < 1.29 is 4.39 Å². The van der Waals surface area contributed by atoms with Crippen LogP contribution in [0.2, 0.25) is 0 Å². The van der Waals surface area contributed by atoms with E-state index < -0.39 is 0 Å². The Balaban J connectivity index is 1.89. The molecule has 0 atom stereocenters.